The Morgan fingerprint density at radius 2 is 1.84 bits per heavy atom. The largest absolute Gasteiger partial charge is 0.490 e. The molecule has 31 heavy (non-hydrogen) atoms. The van der Waals surface area contributed by atoms with Crippen molar-refractivity contribution in [1.82, 2.24) is 0 Å². The first-order valence-corrected chi connectivity index (χ1v) is 10.7. The van der Waals surface area contributed by atoms with Crippen molar-refractivity contribution < 1.29 is 29.9 Å². The Kier molecular flexibility index (Phi) is 6.40. The number of rotatable bonds is 5. The van der Waals surface area contributed by atoms with Crippen LogP contribution in [-0.2, 0) is 17.6 Å². The lowest BCUT2D eigenvalue weighted by atomic mass is 9.88. The highest BCUT2D eigenvalue weighted by Gasteiger charge is 2.46. The van der Waals surface area contributed by atoms with E-state index in [0.29, 0.717) is 29.2 Å². The van der Waals surface area contributed by atoms with E-state index in [1.807, 2.05) is 37.3 Å². The number of hydrogen-bond donors (Lipinski definition) is 4. The fourth-order valence-electron chi connectivity index (χ4n) is 4.33. The number of ether oxygens (including phenoxy) is 2. The monoisotopic (exact) mass is 446 g/mol. The Balaban J connectivity index is 1.76. The molecule has 6 atom stereocenters. The SMILES string of the molecule is C=Cc1ccc(Cc2cc([C@@H]3O[C@H](CO)[C@@H](O)[C@H](O)[C@H]3O)c3c(c2Cl)CC(C)O3)cc1. The van der Waals surface area contributed by atoms with E-state index < -0.39 is 37.1 Å². The van der Waals surface area contributed by atoms with Crippen LogP contribution in [0.3, 0.4) is 0 Å². The van der Waals surface area contributed by atoms with E-state index in [4.69, 9.17) is 21.1 Å². The lowest BCUT2D eigenvalue weighted by Gasteiger charge is -2.40. The Hall–Kier alpha value is -1.93. The topological polar surface area (TPSA) is 99.4 Å². The second kappa shape index (κ2) is 8.90. The van der Waals surface area contributed by atoms with E-state index in [9.17, 15) is 20.4 Å². The van der Waals surface area contributed by atoms with Crippen LogP contribution in [0.25, 0.3) is 6.08 Å². The standard InChI is InChI=1S/C24H27ClO6/c1-3-13-4-6-14(7-5-13)9-15-10-17(23-16(19(15)25)8-12(2)30-23)24-22(29)21(28)20(27)18(11-26)31-24/h3-7,10,12,18,20-22,24,26-29H,1,8-9,11H2,2H3/t12?,18-,20-,21+,22-,24+/m1/s1. The first-order valence-electron chi connectivity index (χ1n) is 10.4. The lowest BCUT2D eigenvalue weighted by molar-refractivity contribution is -0.232. The molecule has 7 heteroatoms. The Morgan fingerprint density at radius 3 is 2.48 bits per heavy atom. The fourth-order valence-corrected chi connectivity index (χ4v) is 4.61. The van der Waals surface area contributed by atoms with Gasteiger partial charge in [-0.2, -0.15) is 0 Å². The van der Waals surface area contributed by atoms with Crippen LogP contribution >= 0.6 is 11.6 Å². The van der Waals surface area contributed by atoms with Gasteiger partial charge in [0.05, 0.1) is 11.6 Å². The number of hydrogen-bond acceptors (Lipinski definition) is 6. The third kappa shape index (κ3) is 4.12. The van der Waals surface area contributed by atoms with Crippen molar-refractivity contribution in [3.05, 3.63) is 69.8 Å². The molecule has 2 aromatic carbocycles. The van der Waals surface area contributed by atoms with Crippen molar-refractivity contribution in [1.29, 1.82) is 0 Å². The second-order valence-electron chi connectivity index (χ2n) is 8.25. The molecule has 0 spiro atoms. The first kappa shape index (κ1) is 22.3. The van der Waals surface area contributed by atoms with Crippen LogP contribution in [0.1, 0.15) is 40.8 Å². The molecule has 0 radical (unpaired) electrons. The van der Waals surface area contributed by atoms with Gasteiger partial charge in [0.15, 0.2) is 0 Å². The summed E-state index contributed by atoms with van der Waals surface area (Å²) in [5.74, 6) is 0.535. The fraction of sp³-hybridized carbons (Fsp3) is 0.417. The van der Waals surface area contributed by atoms with Crippen molar-refractivity contribution in [2.45, 2.75) is 56.4 Å². The van der Waals surface area contributed by atoms with Gasteiger partial charge in [0.2, 0.25) is 0 Å². The molecule has 0 amide bonds. The van der Waals surface area contributed by atoms with Gasteiger partial charge < -0.3 is 29.9 Å². The second-order valence-corrected chi connectivity index (χ2v) is 8.63. The Bertz CT molecular complexity index is 958. The van der Waals surface area contributed by atoms with Gasteiger partial charge in [0, 0.05) is 17.5 Å². The van der Waals surface area contributed by atoms with E-state index in [1.54, 1.807) is 6.08 Å². The van der Waals surface area contributed by atoms with Crippen molar-refractivity contribution >= 4 is 17.7 Å². The first-order chi connectivity index (χ1) is 14.8. The number of benzene rings is 2. The Morgan fingerprint density at radius 1 is 1.13 bits per heavy atom. The zero-order valence-electron chi connectivity index (χ0n) is 17.2. The van der Waals surface area contributed by atoms with E-state index in [-0.39, 0.29) is 6.10 Å². The highest BCUT2D eigenvalue weighted by Crippen LogP contribution is 2.46. The third-order valence-electron chi connectivity index (χ3n) is 6.03. The molecule has 0 saturated carbocycles. The summed E-state index contributed by atoms with van der Waals surface area (Å²) in [5, 5.41) is 41.3. The van der Waals surface area contributed by atoms with Crippen LogP contribution in [0.4, 0.5) is 0 Å². The predicted octanol–water partition coefficient (Wildman–Crippen LogP) is 2.41. The molecule has 4 N–H and O–H groups in total. The molecule has 6 nitrogen and oxygen atoms in total. The van der Waals surface area contributed by atoms with Gasteiger partial charge in [-0.25, -0.2) is 0 Å². The van der Waals surface area contributed by atoms with E-state index in [0.717, 1.165) is 22.3 Å². The summed E-state index contributed by atoms with van der Waals surface area (Å²) in [6.07, 6.45) is -3.39. The van der Waals surface area contributed by atoms with Crippen LogP contribution in [0, 0.1) is 0 Å². The molecular formula is C24H27ClO6. The molecule has 0 bridgehead atoms. The minimum Gasteiger partial charge on any atom is -0.490 e. The van der Waals surface area contributed by atoms with Gasteiger partial charge in [-0.05, 0) is 36.1 Å². The number of aliphatic hydroxyl groups is 4. The van der Waals surface area contributed by atoms with Crippen molar-refractivity contribution in [2.24, 2.45) is 0 Å². The van der Waals surface area contributed by atoms with Gasteiger partial charge in [0.25, 0.3) is 0 Å². The average Bonchev–Trinajstić information content (AvgIpc) is 3.17. The molecule has 0 aromatic heterocycles. The zero-order chi connectivity index (χ0) is 22.3. The summed E-state index contributed by atoms with van der Waals surface area (Å²) in [4.78, 5) is 0. The molecule has 1 unspecified atom stereocenters. The average molecular weight is 447 g/mol. The van der Waals surface area contributed by atoms with Crippen LogP contribution in [0.15, 0.2) is 36.9 Å². The molecule has 4 rings (SSSR count). The highest BCUT2D eigenvalue weighted by molar-refractivity contribution is 6.32. The molecule has 0 aliphatic carbocycles. The van der Waals surface area contributed by atoms with Crippen molar-refractivity contribution in [3.8, 4) is 5.75 Å². The molecule has 2 heterocycles. The maximum atomic E-state index is 10.7. The normalized spacial score (nSPS) is 30.0. The van der Waals surface area contributed by atoms with Gasteiger partial charge >= 0.3 is 0 Å². The Labute approximate surface area is 186 Å². The summed E-state index contributed by atoms with van der Waals surface area (Å²) in [7, 11) is 0. The third-order valence-corrected chi connectivity index (χ3v) is 6.50. The number of aliphatic hydroxyl groups excluding tert-OH is 4. The van der Waals surface area contributed by atoms with Crippen LogP contribution in [-0.4, -0.2) is 57.6 Å². The number of halogens is 1. The molecule has 1 saturated heterocycles. The highest BCUT2D eigenvalue weighted by atomic mass is 35.5. The summed E-state index contributed by atoms with van der Waals surface area (Å²) >= 11 is 6.75. The zero-order valence-corrected chi connectivity index (χ0v) is 18.0. The van der Waals surface area contributed by atoms with Crippen molar-refractivity contribution in [3.63, 3.8) is 0 Å². The molecule has 2 aromatic rings. The maximum Gasteiger partial charge on any atom is 0.130 e. The van der Waals surface area contributed by atoms with Gasteiger partial charge in [-0.3, -0.25) is 0 Å². The maximum absolute atomic E-state index is 10.7. The molecule has 2 aliphatic rings. The summed E-state index contributed by atoms with van der Waals surface area (Å²) in [5.41, 5.74) is 4.31. The van der Waals surface area contributed by atoms with Crippen LogP contribution in [0.5, 0.6) is 5.75 Å². The molecule has 166 valence electrons. The molecule has 2 aliphatic heterocycles. The molecule has 1 fully saturated rings. The quantitative estimate of drug-likeness (QED) is 0.563. The van der Waals surface area contributed by atoms with E-state index >= 15 is 0 Å². The van der Waals surface area contributed by atoms with Crippen LogP contribution in [0.2, 0.25) is 5.02 Å². The van der Waals surface area contributed by atoms with Gasteiger partial charge in [0.1, 0.15) is 42.4 Å². The smallest absolute Gasteiger partial charge is 0.130 e. The van der Waals surface area contributed by atoms with Gasteiger partial charge in [-0.15, -0.1) is 0 Å². The summed E-state index contributed by atoms with van der Waals surface area (Å²) in [6.45, 7) is 5.21. The summed E-state index contributed by atoms with van der Waals surface area (Å²) in [6, 6.07) is 9.80. The minimum atomic E-state index is -1.46. The molecular weight excluding hydrogens is 420 g/mol. The minimum absolute atomic E-state index is 0.0988. The predicted molar refractivity (Wildman–Crippen MR) is 117 cm³/mol. The van der Waals surface area contributed by atoms with E-state index in [2.05, 4.69) is 6.58 Å². The number of fused-ring (bicyclic) bond motifs is 1. The van der Waals surface area contributed by atoms with Crippen molar-refractivity contribution in [2.75, 3.05) is 6.61 Å². The van der Waals surface area contributed by atoms with E-state index in [1.165, 1.54) is 0 Å². The van der Waals surface area contributed by atoms with Gasteiger partial charge in [-0.1, -0.05) is 48.5 Å². The summed E-state index contributed by atoms with van der Waals surface area (Å²) < 4.78 is 11.8. The lowest BCUT2D eigenvalue weighted by Crippen LogP contribution is -2.55. The van der Waals surface area contributed by atoms with Crippen LogP contribution < -0.4 is 4.74 Å².